The Morgan fingerprint density at radius 1 is 0.388 bits per heavy atom. The minimum Gasteiger partial charge on any atom is -0.310 e. The number of benzene rings is 8. The SMILES string of the molecule is Cc1cc(N(c2ccccc2)c2ccc3cc4c(cc3c2)C2(c3ccccc3-c3ccccc32)c2ccc3ccccc3c2-4)cc(C)c1C. The molecule has 0 fully saturated rings. The first-order valence-corrected chi connectivity index (χ1v) is 17.3. The van der Waals surface area contributed by atoms with Crippen LogP contribution in [0, 0.1) is 20.8 Å². The molecule has 0 N–H and O–H groups in total. The maximum Gasteiger partial charge on any atom is 0.0725 e. The van der Waals surface area contributed by atoms with Crippen LogP contribution in [0.2, 0.25) is 0 Å². The molecule has 1 heteroatoms. The van der Waals surface area contributed by atoms with Gasteiger partial charge >= 0.3 is 0 Å². The molecule has 8 aromatic carbocycles. The summed E-state index contributed by atoms with van der Waals surface area (Å²) in [7, 11) is 0. The predicted molar refractivity (Wildman–Crippen MR) is 207 cm³/mol. The topological polar surface area (TPSA) is 3.24 Å². The molecule has 8 aromatic rings. The first-order chi connectivity index (χ1) is 24.0. The van der Waals surface area contributed by atoms with Crippen LogP contribution in [0.3, 0.4) is 0 Å². The van der Waals surface area contributed by atoms with Gasteiger partial charge in [0.1, 0.15) is 0 Å². The number of fused-ring (bicyclic) bond motifs is 13. The molecule has 2 aliphatic carbocycles. The Bertz CT molecular complexity index is 2580. The molecule has 0 aromatic heterocycles. The van der Waals surface area contributed by atoms with Crippen molar-refractivity contribution in [2.45, 2.75) is 26.2 Å². The minimum absolute atomic E-state index is 0.392. The highest BCUT2D eigenvalue weighted by Crippen LogP contribution is 2.64. The Kier molecular flexibility index (Phi) is 5.91. The molecule has 0 heterocycles. The second-order valence-corrected chi connectivity index (χ2v) is 13.9. The highest BCUT2D eigenvalue weighted by Gasteiger charge is 2.52. The smallest absolute Gasteiger partial charge is 0.0725 e. The van der Waals surface area contributed by atoms with Crippen molar-refractivity contribution >= 4 is 38.6 Å². The summed E-state index contributed by atoms with van der Waals surface area (Å²) in [5.41, 5.74) is 17.9. The second kappa shape index (κ2) is 10.3. The molecule has 0 atom stereocenters. The monoisotopic (exact) mass is 625 g/mol. The van der Waals surface area contributed by atoms with Gasteiger partial charge in [0, 0.05) is 17.1 Å². The van der Waals surface area contributed by atoms with Crippen LogP contribution in [0.25, 0.3) is 43.8 Å². The Labute approximate surface area is 287 Å². The van der Waals surface area contributed by atoms with Gasteiger partial charge in [-0.15, -0.1) is 0 Å². The van der Waals surface area contributed by atoms with E-state index in [1.165, 1.54) is 88.4 Å². The van der Waals surface area contributed by atoms with Crippen molar-refractivity contribution in [1.29, 1.82) is 0 Å². The van der Waals surface area contributed by atoms with Gasteiger partial charge in [-0.3, -0.25) is 0 Å². The molecule has 0 amide bonds. The lowest BCUT2D eigenvalue weighted by Crippen LogP contribution is -2.25. The molecule has 1 nitrogen and oxygen atoms in total. The summed E-state index contributed by atoms with van der Waals surface area (Å²) in [6.45, 7) is 6.65. The zero-order valence-electron chi connectivity index (χ0n) is 28.0. The number of hydrogen-bond acceptors (Lipinski definition) is 1. The van der Waals surface area contributed by atoms with Crippen LogP contribution in [0.4, 0.5) is 17.1 Å². The van der Waals surface area contributed by atoms with Gasteiger partial charge in [-0.2, -0.15) is 0 Å². The number of nitrogens with zero attached hydrogens (tertiary/aromatic N) is 1. The van der Waals surface area contributed by atoms with Crippen molar-refractivity contribution in [2.75, 3.05) is 4.90 Å². The summed E-state index contributed by atoms with van der Waals surface area (Å²) in [6.07, 6.45) is 0. The fourth-order valence-corrected chi connectivity index (χ4v) is 8.94. The van der Waals surface area contributed by atoms with Gasteiger partial charge in [-0.1, -0.05) is 109 Å². The normalized spacial score (nSPS) is 13.4. The van der Waals surface area contributed by atoms with Gasteiger partial charge in [-0.05, 0) is 152 Å². The number of anilines is 3. The lowest BCUT2D eigenvalue weighted by Gasteiger charge is -2.31. The second-order valence-electron chi connectivity index (χ2n) is 13.9. The average Bonchev–Trinajstić information content (AvgIpc) is 3.60. The fraction of sp³-hybridized carbons (Fsp3) is 0.0833. The third kappa shape index (κ3) is 3.82. The van der Waals surface area contributed by atoms with Crippen LogP contribution >= 0.6 is 0 Å². The zero-order chi connectivity index (χ0) is 32.9. The Morgan fingerprint density at radius 2 is 1.02 bits per heavy atom. The van der Waals surface area contributed by atoms with Crippen molar-refractivity contribution in [1.82, 2.24) is 0 Å². The van der Waals surface area contributed by atoms with Gasteiger partial charge in [0.05, 0.1) is 5.41 Å². The summed E-state index contributed by atoms with van der Waals surface area (Å²) in [5, 5.41) is 5.09. The third-order valence-electron chi connectivity index (χ3n) is 11.4. The van der Waals surface area contributed by atoms with E-state index in [9.17, 15) is 0 Å². The molecule has 0 saturated heterocycles. The van der Waals surface area contributed by atoms with E-state index in [0.29, 0.717) is 0 Å². The Hall–Kier alpha value is -5.92. The molecule has 0 saturated carbocycles. The van der Waals surface area contributed by atoms with E-state index in [1.54, 1.807) is 0 Å². The highest BCUT2D eigenvalue weighted by atomic mass is 15.1. The molecule has 10 rings (SSSR count). The number of hydrogen-bond donors (Lipinski definition) is 0. The summed E-state index contributed by atoms with van der Waals surface area (Å²) >= 11 is 0. The van der Waals surface area contributed by atoms with Gasteiger partial charge in [0.15, 0.2) is 0 Å². The standard InChI is InChI=1S/C48H35N/c1-30-25-38(26-31(2)32(30)3)49(36-14-5-4-6-15-36)37-23-21-34-28-42-46(29-35(34)27-37)48(45-24-22-33-13-7-8-16-39(33)47(42)45)43-19-11-9-17-40(43)41-18-10-12-20-44(41)48/h4-29H,1-3H3. The van der Waals surface area contributed by atoms with Crippen LogP contribution in [0.15, 0.2) is 158 Å². The van der Waals surface area contributed by atoms with Crippen LogP contribution < -0.4 is 4.90 Å². The van der Waals surface area contributed by atoms with Gasteiger partial charge < -0.3 is 4.90 Å². The largest absolute Gasteiger partial charge is 0.310 e. The Balaban J connectivity index is 1.28. The minimum atomic E-state index is -0.392. The maximum absolute atomic E-state index is 2.51. The molecular formula is C48H35N. The fourth-order valence-electron chi connectivity index (χ4n) is 8.94. The lowest BCUT2D eigenvalue weighted by atomic mass is 9.70. The van der Waals surface area contributed by atoms with Crippen molar-refractivity contribution in [2.24, 2.45) is 0 Å². The molecule has 0 aliphatic heterocycles. The molecule has 0 radical (unpaired) electrons. The van der Waals surface area contributed by atoms with Gasteiger partial charge in [-0.25, -0.2) is 0 Å². The molecular weight excluding hydrogens is 591 g/mol. The molecule has 49 heavy (non-hydrogen) atoms. The number of rotatable bonds is 3. The molecule has 0 unspecified atom stereocenters. The number of para-hydroxylation sites is 1. The van der Waals surface area contributed by atoms with Crippen molar-refractivity contribution in [3.63, 3.8) is 0 Å². The first-order valence-electron chi connectivity index (χ1n) is 17.3. The number of aryl methyl sites for hydroxylation is 2. The van der Waals surface area contributed by atoms with Crippen LogP contribution in [-0.4, -0.2) is 0 Å². The van der Waals surface area contributed by atoms with E-state index < -0.39 is 5.41 Å². The van der Waals surface area contributed by atoms with Crippen LogP contribution in [-0.2, 0) is 5.41 Å². The average molecular weight is 626 g/mol. The summed E-state index contributed by atoms with van der Waals surface area (Å²) in [4.78, 5) is 2.41. The van der Waals surface area contributed by atoms with E-state index in [-0.39, 0.29) is 0 Å². The van der Waals surface area contributed by atoms with E-state index >= 15 is 0 Å². The molecule has 0 bridgehead atoms. The highest BCUT2D eigenvalue weighted by molar-refractivity contribution is 6.09. The van der Waals surface area contributed by atoms with Gasteiger partial charge in [0.25, 0.3) is 0 Å². The zero-order valence-corrected chi connectivity index (χ0v) is 28.0. The van der Waals surface area contributed by atoms with Crippen LogP contribution in [0.5, 0.6) is 0 Å². The Morgan fingerprint density at radius 3 is 1.76 bits per heavy atom. The summed E-state index contributed by atoms with van der Waals surface area (Å²) in [5.74, 6) is 0. The summed E-state index contributed by atoms with van der Waals surface area (Å²) < 4.78 is 0. The summed E-state index contributed by atoms with van der Waals surface area (Å²) in [6, 6.07) is 59.2. The van der Waals surface area contributed by atoms with Crippen molar-refractivity contribution in [3.8, 4) is 22.3 Å². The molecule has 232 valence electrons. The quantitative estimate of drug-likeness (QED) is 0.189. The van der Waals surface area contributed by atoms with Gasteiger partial charge in [0.2, 0.25) is 0 Å². The van der Waals surface area contributed by atoms with Crippen molar-refractivity contribution in [3.05, 3.63) is 197 Å². The molecule has 1 spiro atoms. The van der Waals surface area contributed by atoms with E-state index in [1.807, 2.05) is 0 Å². The lowest BCUT2D eigenvalue weighted by molar-refractivity contribution is 0.795. The van der Waals surface area contributed by atoms with Crippen LogP contribution in [0.1, 0.15) is 38.9 Å². The maximum atomic E-state index is 2.51. The first kappa shape index (κ1) is 28.1. The van der Waals surface area contributed by atoms with E-state index in [0.717, 1.165) is 11.4 Å². The van der Waals surface area contributed by atoms with E-state index in [2.05, 4.69) is 183 Å². The van der Waals surface area contributed by atoms with Crippen molar-refractivity contribution < 1.29 is 0 Å². The van der Waals surface area contributed by atoms with E-state index in [4.69, 9.17) is 0 Å². The third-order valence-corrected chi connectivity index (χ3v) is 11.4. The predicted octanol–water partition coefficient (Wildman–Crippen LogP) is 12.7. The molecule has 2 aliphatic rings.